The molecule has 0 fully saturated rings. The van der Waals surface area contributed by atoms with Crippen LogP contribution in [0.4, 0.5) is 0 Å². The molecule has 2 atom stereocenters. The molecule has 1 radical (unpaired) electrons. The largest absolute Gasteiger partial charge is 0.480 e. The molecule has 0 aromatic carbocycles. The average Bonchev–Trinajstić information content (AvgIpc) is 2.36. The molecule has 8 N–H and O–H groups in total. The van der Waals surface area contributed by atoms with E-state index < -0.39 is 24.0 Å². The molecule has 0 rings (SSSR count). The minimum Gasteiger partial charge on any atom is -0.480 e. The first-order valence-corrected chi connectivity index (χ1v) is 7.41. The van der Waals surface area contributed by atoms with Gasteiger partial charge in [-0.25, -0.2) is 0 Å². The van der Waals surface area contributed by atoms with E-state index >= 15 is 0 Å². The van der Waals surface area contributed by atoms with E-state index in [1.165, 1.54) is 0 Å². The molecule has 0 aliphatic carbocycles. The van der Waals surface area contributed by atoms with Crippen LogP contribution in [0, 0.1) is 0 Å². The van der Waals surface area contributed by atoms with Gasteiger partial charge in [-0.2, -0.15) is 11.8 Å². The molecule has 0 aromatic heterocycles. The van der Waals surface area contributed by atoms with Gasteiger partial charge in [-0.1, -0.05) is 6.42 Å². The van der Waals surface area contributed by atoms with Gasteiger partial charge in [0.05, 0.1) is 0 Å². The van der Waals surface area contributed by atoms with Crippen LogP contribution in [0.5, 0.6) is 0 Å². The zero-order chi connectivity index (χ0) is 15.3. The second-order valence-electron chi connectivity index (χ2n) is 3.96. The Bertz CT molecular complexity index is 260. The van der Waals surface area contributed by atoms with E-state index in [-0.39, 0.29) is 17.1 Å². The van der Waals surface area contributed by atoms with Crippen LogP contribution >= 0.6 is 11.8 Å². The van der Waals surface area contributed by atoms with Crippen LogP contribution in [0.3, 0.4) is 0 Å². The Morgan fingerprint density at radius 1 is 1.05 bits per heavy atom. The van der Waals surface area contributed by atoms with E-state index in [4.69, 9.17) is 27.4 Å². The SMILES string of the molecule is CSCC[C@H](N)C(=O)O.NCCCC[C@H](N)C(=O)O.[Cu]. The Hall–Kier alpha value is -0.311. The molecule has 0 unspecified atom stereocenters. The van der Waals surface area contributed by atoms with Crippen molar-refractivity contribution in [1.82, 2.24) is 0 Å². The minimum atomic E-state index is -0.933. The number of rotatable bonds is 9. The first kappa shape index (κ1) is 24.7. The van der Waals surface area contributed by atoms with Crippen molar-refractivity contribution in [2.75, 3.05) is 18.6 Å². The number of carboxylic acid groups (broad SMARTS) is 2. The van der Waals surface area contributed by atoms with Gasteiger partial charge in [0.2, 0.25) is 0 Å². The summed E-state index contributed by atoms with van der Waals surface area (Å²) in [5, 5.41) is 16.6. The third kappa shape index (κ3) is 17.7. The molecule has 0 spiro atoms. The topological polar surface area (TPSA) is 153 Å². The predicted octanol–water partition coefficient (Wildman–Crippen LogP) is -0.324. The molecule has 0 saturated heterocycles. The average molecular weight is 359 g/mol. The quantitative estimate of drug-likeness (QED) is 0.277. The molecular formula is C11H25CuN3O4S. The number of hydrogen-bond acceptors (Lipinski definition) is 6. The summed E-state index contributed by atoms with van der Waals surface area (Å²) in [7, 11) is 0. The first-order chi connectivity index (χ1) is 8.86. The van der Waals surface area contributed by atoms with Crippen molar-refractivity contribution in [2.45, 2.75) is 37.8 Å². The van der Waals surface area contributed by atoms with Gasteiger partial charge in [-0.15, -0.1) is 0 Å². The van der Waals surface area contributed by atoms with Gasteiger partial charge in [0.25, 0.3) is 0 Å². The first-order valence-electron chi connectivity index (χ1n) is 6.02. The molecule has 9 heteroatoms. The summed E-state index contributed by atoms with van der Waals surface area (Å²) < 4.78 is 0. The summed E-state index contributed by atoms with van der Waals surface area (Å²) >= 11 is 1.60. The van der Waals surface area contributed by atoms with Crippen molar-refractivity contribution in [1.29, 1.82) is 0 Å². The van der Waals surface area contributed by atoms with Crippen LogP contribution in [0.15, 0.2) is 0 Å². The fourth-order valence-electron chi connectivity index (χ4n) is 1.00. The number of aliphatic carboxylic acids is 2. The molecule has 0 aromatic rings. The van der Waals surface area contributed by atoms with Crippen LogP contribution in [0.2, 0.25) is 0 Å². The molecule has 0 aliphatic heterocycles. The van der Waals surface area contributed by atoms with Gasteiger partial charge in [0.15, 0.2) is 0 Å². The van der Waals surface area contributed by atoms with Crippen LogP contribution in [-0.4, -0.2) is 52.8 Å². The number of carboxylic acids is 2. The molecule has 20 heavy (non-hydrogen) atoms. The van der Waals surface area contributed by atoms with Crippen LogP contribution in [0.25, 0.3) is 0 Å². The van der Waals surface area contributed by atoms with Gasteiger partial charge in [-0.05, 0) is 37.8 Å². The molecule has 7 nitrogen and oxygen atoms in total. The Kier molecular flexibility index (Phi) is 20.7. The van der Waals surface area contributed by atoms with Crippen molar-refractivity contribution in [3.05, 3.63) is 0 Å². The van der Waals surface area contributed by atoms with Gasteiger partial charge < -0.3 is 27.4 Å². The third-order valence-corrected chi connectivity index (χ3v) is 2.88. The summed E-state index contributed by atoms with van der Waals surface area (Å²) in [5.41, 5.74) is 15.6. The van der Waals surface area contributed by atoms with Crippen molar-refractivity contribution < 1.29 is 36.9 Å². The van der Waals surface area contributed by atoms with Gasteiger partial charge in [-0.3, -0.25) is 9.59 Å². The molecule has 0 saturated carbocycles. The van der Waals surface area contributed by atoms with Gasteiger partial charge in [0, 0.05) is 17.1 Å². The van der Waals surface area contributed by atoms with Gasteiger partial charge in [0.1, 0.15) is 12.1 Å². The molecule has 0 aliphatic rings. The van der Waals surface area contributed by atoms with Gasteiger partial charge >= 0.3 is 11.9 Å². The Balaban J connectivity index is -0.000000277. The van der Waals surface area contributed by atoms with E-state index in [2.05, 4.69) is 0 Å². The summed E-state index contributed by atoms with van der Waals surface area (Å²) in [5.74, 6) is -1.03. The van der Waals surface area contributed by atoms with Crippen LogP contribution < -0.4 is 17.2 Å². The van der Waals surface area contributed by atoms with E-state index in [0.29, 0.717) is 19.4 Å². The molecule has 0 heterocycles. The van der Waals surface area contributed by atoms with Crippen molar-refractivity contribution in [3.63, 3.8) is 0 Å². The number of carbonyl (C=O) groups is 2. The minimum absolute atomic E-state index is 0. The summed E-state index contributed by atoms with van der Waals surface area (Å²) in [4.78, 5) is 20.2. The Labute approximate surface area is 134 Å². The molecule has 0 bridgehead atoms. The standard InChI is InChI=1S/C6H14N2O2.C5H11NO2S.Cu/c7-4-2-1-3-5(8)6(9)10;1-9-3-2-4(6)5(7)8;/h5H,1-4,7-8H2,(H,9,10);4H,2-3,6H2,1H3,(H,7,8);/t5-;4-;/m00./s1. The second-order valence-corrected chi connectivity index (χ2v) is 4.94. The zero-order valence-electron chi connectivity index (χ0n) is 11.6. The smallest absolute Gasteiger partial charge is 0.320 e. The molecule has 125 valence electrons. The van der Waals surface area contributed by atoms with E-state index in [0.717, 1.165) is 18.6 Å². The summed E-state index contributed by atoms with van der Waals surface area (Å²) in [6.07, 6.45) is 4.64. The Morgan fingerprint density at radius 2 is 1.50 bits per heavy atom. The summed E-state index contributed by atoms with van der Waals surface area (Å²) in [6.45, 7) is 0.604. The fraction of sp³-hybridized carbons (Fsp3) is 0.818. The van der Waals surface area contributed by atoms with E-state index in [9.17, 15) is 9.59 Å². The third-order valence-electron chi connectivity index (χ3n) is 2.24. The number of nitrogens with two attached hydrogens (primary N) is 3. The normalized spacial score (nSPS) is 12.4. The van der Waals surface area contributed by atoms with Crippen LogP contribution in [-0.2, 0) is 26.7 Å². The molecular weight excluding hydrogens is 334 g/mol. The zero-order valence-corrected chi connectivity index (χ0v) is 13.3. The summed E-state index contributed by atoms with van der Waals surface area (Å²) in [6, 6.07) is -1.40. The number of hydrogen-bond donors (Lipinski definition) is 5. The maximum absolute atomic E-state index is 10.1. The van der Waals surface area contributed by atoms with E-state index in [1.54, 1.807) is 11.8 Å². The van der Waals surface area contributed by atoms with E-state index in [1.807, 2.05) is 6.26 Å². The number of thioether (sulfide) groups is 1. The predicted molar refractivity (Wildman–Crippen MR) is 77.1 cm³/mol. The monoisotopic (exact) mass is 358 g/mol. The maximum Gasteiger partial charge on any atom is 0.320 e. The van der Waals surface area contributed by atoms with Crippen molar-refractivity contribution in [2.24, 2.45) is 17.2 Å². The maximum atomic E-state index is 10.1. The van der Waals surface area contributed by atoms with Crippen molar-refractivity contribution in [3.8, 4) is 0 Å². The molecule has 0 amide bonds. The Morgan fingerprint density at radius 3 is 1.85 bits per heavy atom. The van der Waals surface area contributed by atoms with Crippen molar-refractivity contribution >= 4 is 23.7 Å². The fourth-order valence-corrected chi connectivity index (χ4v) is 1.49. The van der Waals surface area contributed by atoms with Crippen LogP contribution in [0.1, 0.15) is 25.7 Å². The second kappa shape index (κ2) is 16.7. The number of unbranched alkanes of at least 4 members (excludes halogenated alkanes) is 1.